The second-order valence-electron chi connectivity index (χ2n) is 5.98. The van der Waals surface area contributed by atoms with Gasteiger partial charge in [0.05, 0.1) is 11.1 Å². The van der Waals surface area contributed by atoms with Crippen LogP contribution in [0.15, 0.2) is 24.3 Å². The van der Waals surface area contributed by atoms with Crippen molar-refractivity contribution in [1.82, 2.24) is 4.98 Å². The molecule has 136 valence electrons. The number of rotatable bonds is 4. The number of carbonyl (C=O) groups is 1. The molecule has 1 amide bonds. The third kappa shape index (κ3) is 4.17. The van der Waals surface area contributed by atoms with Crippen LogP contribution in [0.3, 0.4) is 0 Å². The van der Waals surface area contributed by atoms with Crippen molar-refractivity contribution in [3.63, 3.8) is 0 Å². The standard InChI is InChI=1S/C17H20FN3O2S.ClH/c1-11-14(12-2-4-13(18)5-3-12)20-16(24-11)21-15(22)17(10-19)6-8-23-9-7-17;/h2-5H,6-10,19H2,1H3,(H,20,21,22);1H. The summed E-state index contributed by atoms with van der Waals surface area (Å²) in [7, 11) is 0. The zero-order chi connectivity index (χ0) is 17.2. The van der Waals surface area contributed by atoms with E-state index < -0.39 is 5.41 Å². The van der Waals surface area contributed by atoms with E-state index in [0.29, 0.717) is 31.2 Å². The number of benzene rings is 1. The Balaban J connectivity index is 0.00000225. The number of nitrogens with one attached hydrogen (secondary N) is 1. The minimum atomic E-state index is -0.589. The molecule has 0 saturated carbocycles. The number of nitrogens with two attached hydrogens (primary N) is 1. The van der Waals surface area contributed by atoms with Gasteiger partial charge in [-0.3, -0.25) is 4.79 Å². The molecule has 0 radical (unpaired) electrons. The predicted octanol–water partition coefficient (Wildman–Crippen LogP) is 3.37. The molecular weight excluding hydrogens is 365 g/mol. The van der Waals surface area contributed by atoms with Crippen LogP contribution in [-0.4, -0.2) is 30.6 Å². The molecule has 1 aliphatic rings. The van der Waals surface area contributed by atoms with E-state index in [9.17, 15) is 9.18 Å². The summed E-state index contributed by atoms with van der Waals surface area (Å²) in [6.07, 6.45) is 1.23. The van der Waals surface area contributed by atoms with E-state index in [0.717, 1.165) is 16.1 Å². The number of halogens is 2. The Kier molecular flexibility index (Phi) is 6.51. The lowest BCUT2D eigenvalue weighted by Gasteiger charge is -2.34. The third-order valence-corrected chi connectivity index (χ3v) is 5.34. The molecule has 0 bridgehead atoms. The highest BCUT2D eigenvalue weighted by Crippen LogP contribution is 2.34. The van der Waals surface area contributed by atoms with E-state index >= 15 is 0 Å². The summed E-state index contributed by atoms with van der Waals surface area (Å²) in [5.74, 6) is -0.391. The average Bonchev–Trinajstić information content (AvgIpc) is 2.96. The lowest BCUT2D eigenvalue weighted by Crippen LogP contribution is -2.46. The number of anilines is 1. The summed E-state index contributed by atoms with van der Waals surface area (Å²) in [6.45, 7) is 3.31. The van der Waals surface area contributed by atoms with E-state index in [1.54, 1.807) is 12.1 Å². The Labute approximate surface area is 156 Å². The molecule has 1 fully saturated rings. The predicted molar refractivity (Wildman–Crippen MR) is 99.7 cm³/mol. The van der Waals surface area contributed by atoms with Gasteiger partial charge < -0.3 is 15.8 Å². The molecule has 3 N–H and O–H groups in total. The first-order valence-electron chi connectivity index (χ1n) is 7.87. The van der Waals surface area contributed by atoms with Crippen LogP contribution in [0.2, 0.25) is 0 Å². The molecule has 0 aliphatic carbocycles. The van der Waals surface area contributed by atoms with Gasteiger partial charge in [-0.05, 0) is 44.0 Å². The molecule has 3 rings (SSSR count). The third-order valence-electron chi connectivity index (χ3n) is 4.46. The summed E-state index contributed by atoms with van der Waals surface area (Å²) in [4.78, 5) is 18.2. The normalized spacial score (nSPS) is 16.1. The van der Waals surface area contributed by atoms with Gasteiger partial charge in [0.2, 0.25) is 5.91 Å². The van der Waals surface area contributed by atoms with Gasteiger partial charge in [0.1, 0.15) is 5.82 Å². The number of aromatic nitrogens is 1. The van der Waals surface area contributed by atoms with Gasteiger partial charge in [-0.25, -0.2) is 9.37 Å². The summed E-state index contributed by atoms with van der Waals surface area (Å²) in [6, 6.07) is 6.17. The van der Waals surface area contributed by atoms with Crippen LogP contribution in [0.25, 0.3) is 11.3 Å². The van der Waals surface area contributed by atoms with Gasteiger partial charge in [-0.2, -0.15) is 0 Å². The second-order valence-corrected chi connectivity index (χ2v) is 7.18. The van der Waals surface area contributed by atoms with Crippen LogP contribution in [0.5, 0.6) is 0 Å². The van der Waals surface area contributed by atoms with Gasteiger partial charge in [-0.15, -0.1) is 23.7 Å². The van der Waals surface area contributed by atoms with Crippen molar-refractivity contribution in [3.8, 4) is 11.3 Å². The number of carbonyl (C=O) groups excluding carboxylic acids is 1. The maximum atomic E-state index is 13.1. The summed E-state index contributed by atoms with van der Waals surface area (Å²) < 4.78 is 18.4. The fourth-order valence-electron chi connectivity index (χ4n) is 2.84. The lowest BCUT2D eigenvalue weighted by molar-refractivity contribution is -0.130. The highest BCUT2D eigenvalue weighted by atomic mass is 35.5. The first kappa shape index (κ1) is 19.8. The first-order valence-corrected chi connectivity index (χ1v) is 8.68. The van der Waals surface area contributed by atoms with Crippen LogP contribution in [0.1, 0.15) is 17.7 Å². The maximum absolute atomic E-state index is 13.1. The summed E-state index contributed by atoms with van der Waals surface area (Å²) >= 11 is 1.41. The number of ether oxygens (including phenoxy) is 1. The van der Waals surface area contributed by atoms with Crippen LogP contribution < -0.4 is 11.1 Å². The Morgan fingerprint density at radius 1 is 1.36 bits per heavy atom. The molecule has 1 aromatic heterocycles. The zero-order valence-electron chi connectivity index (χ0n) is 13.9. The van der Waals surface area contributed by atoms with Crippen molar-refractivity contribution in [2.24, 2.45) is 11.1 Å². The molecule has 0 atom stereocenters. The number of thiazole rings is 1. The van der Waals surface area contributed by atoms with E-state index in [4.69, 9.17) is 10.5 Å². The molecule has 2 aromatic rings. The Morgan fingerprint density at radius 3 is 2.60 bits per heavy atom. The largest absolute Gasteiger partial charge is 0.381 e. The van der Waals surface area contributed by atoms with Crippen LogP contribution in [0.4, 0.5) is 9.52 Å². The van der Waals surface area contributed by atoms with E-state index in [2.05, 4.69) is 10.3 Å². The summed E-state index contributed by atoms with van der Waals surface area (Å²) in [5, 5.41) is 3.44. The average molecular weight is 386 g/mol. The van der Waals surface area contributed by atoms with Crippen molar-refractivity contribution in [3.05, 3.63) is 35.0 Å². The zero-order valence-corrected chi connectivity index (χ0v) is 15.5. The van der Waals surface area contributed by atoms with Gasteiger partial charge >= 0.3 is 0 Å². The van der Waals surface area contributed by atoms with Crippen molar-refractivity contribution >= 4 is 34.8 Å². The van der Waals surface area contributed by atoms with Crippen LogP contribution in [-0.2, 0) is 9.53 Å². The fourth-order valence-corrected chi connectivity index (χ4v) is 3.67. The number of hydrogen-bond acceptors (Lipinski definition) is 5. The van der Waals surface area contributed by atoms with Crippen molar-refractivity contribution < 1.29 is 13.9 Å². The van der Waals surface area contributed by atoms with Crippen molar-refractivity contribution in [2.45, 2.75) is 19.8 Å². The smallest absolute Gasteiger partial charge is 0.233 e. The van der Waals surface area contributed by atoms with Gasteiger partial charge in [0.15, 0.2) is 5.13 Å². The highest BCUT2D eigenvalue weighted by molar-refractivity contribution is 7.16. The van der Waals surface area contributed by atoms with E-state index in [1.807, 2.05) is 6.92 Å². The molecule has 1 saturated heterocycles. The molecular formula is C17H21ClFN3O2S. The number of hydrogen-bond donors (Lipinski definition) is 2. The number of aryl methyl sites for hydroxylation is 1. The fraction of sp³-hybridized carbons (Fsp3) is 0.412. The van der Waals surface area contributed by atoms with Gasteiger partial charge in [0.25, 0.3) is 0 Å². The minimum absolute atomic E-state index is 0. The Hall–Kier alpha value is -1.54. The number of nitrogens with zero attached hydrogens (tertiary/aromatic N) is 1. The molecule has 1 aromatic carbocycles. The second kappa shape index (κ2) is 8.23. The molecule has 1 aliphatic heterocycles. The van der Waals surface area contributed by atoms with E-state index in [-0.39, 0.29) is 30.7 Å². The first-order chi connectivity index (χ1) is 11.5. The van der Waals surface area contributed by atoms with Crippen molar-refractivity contribution in [2.75, 3.05) is 25.1 Å². The highest BCUT2D eigenvalue weighted by Gasteiger charge is 2.39. The quantitative estimate of drug-likeness (QED) is 0.845. The molecule has 0 spiro atoms. The Bertz CT molecular complexity index is 730. The SMILES string of the molecule is Cc1sc(NC(=O)C2(CN)CCOCC2)nc1-c1ccc(F)cc1.Cl. The van der Waals surface area contributed by atoms with Gasteiger partial charge in [0, 0.05) is 30.2 Å². The van der Waals surface area contributed by atoms with Crippen LogP contribution >= 0.6 is 23.7 Å². The van der Waals surface area contributed by atoms with E-state index in [1.165, 1.54) is 23.5 Å². The number of amides is 1. The van der Waals surface area contributed by atoms with Crippen molar-refractivity contribution in [1.29, 1.82) is 0 Å². The molecule has 25 heavy (non-hydrogen) atoms. The Morgan fingerprint density at radius 2 is 2.00 bits per heavy atom. The molecule has 2 heterocycles. The summed E-state index contributed by atoms with van der Waals surface area (Å²) in [5.41, 5.74) is 6.85. The monoisotopic (exact) mass is 385 g/mol. The topological polar surface area (TPSA) is 77.2 Å². The van der Waals surface area contributed by atoms with Gasteiger partial charge in [-0.1, -0.05) is 0 Å². The molecule has 8 heteroatoms. The lowest BCUT2D eigenvalue weighted by atomic mass is 9.79. The maximum Gasteiger partial charge on any atom is 0.233 e. The van der Waals surface area contributed by atoms with Crippen LogP contribution in [0, 0.1) is 18.2 Å². The minimum Gasteiger partial charge on any atom is -0.381 e. The molecule has 0 unspecified atom stereocenters. The molecule has 5 nitrogen and oxygen atoms in total.